The van der Waals surface area contributed by atoms with Crippen LogP contribution in [-0.2, 0) is 4.79 Å². The van der Waals surface area contributed by atoms with Gasteiger partial charge >= 0.3 is 0 Å². The Morgan fingerprint density at radius 2 is 1.96 bits per heavy atom. The van der Waals surface area contributed by atoms with E-state index < -0.39 is 0 Å². The first-order chi connectivity index (χ1) is 12.6. The van der Waals surface area contributed by atoms with Crippen LogP contribution >= 0.6 is 0 Å². The van der Waals surface area contributed by atoms with E-state index in [4.69, 9.17) is 4.52 Å². The second-order valence-electron chi connectivity index (χ2n) is 6.86. The van der Waals surface area contributed by atoms with Crippen LogP contribution in [0.2, 0.25) is 0 Å². The van der Waals surface area contributed by atoms with Crippen molar-refractivity contribution in [2.75, 3.05) is 6.54 Å². The molecule has 1 amide bonds. The maximum absolute atomic E-state index is 12.5. The lowest BCUT2D eigenvalue weighted by Crippen LogP contribution is -2.28. The van der Waals surface area contributed by atoms with E-state index in [1.54, 1.807) is 0 Å². The number of likely N-dealkylation sites (tertiary alicyclic amines) is 1. The summed E-state index contributed by atoms with van der Waals surface area (Å²) in [7, 11) is 0. The standard InChI is InChI=1S/C21H21N3O2/c1-14-7-6-10-17(11-14)20-22-21(26-23-20)18-12-19(25)24(13-18)15(2)16-8-4-3-5-9-16/h3-11,15,18H,12-13H2,1-2H3. The van der Waals surface area contributed by atoms with Gasteiger partial charge in [-0.2, -0.15) is 4.98 Å². The normalized spacial score (nSPS) is 18.3. The average Bonchev–Trinajstić information content (AvgIpc) is 3.29. The fraction of sp³-hybridized carbons (Fsp3) is 0.286. The molecule has 1 aromatic heterocycles. The molecule has 0 aliphatic carbocycles. The lowest BCUT2D eigenvalue weighted by molar-refractivity contribution is -0.129. The molecule has 0 saturated carbocycles. The van der Waals surface area contributed by atoms with Crippen molar-refractivity contribution in [3.05, 3.63) is 71.6 Å². The number of rotatable bonds is 4. The third-order valence-corrected chi connectivity index (χ3v) is 4.98. The van der Waals surface area contributed by atoms with Crippen LogP contribution in [0.5, 0.6) is 0 Å². The first-order valence-electron chi connectivity index (χ1n) is 8.87. The van der Waals surface area contributed by atoms with Crippen molar-refractivity contribution in [3.63, 3.8) is 0 Å². The Kier molecular flexibility index (Phi) is 4.29. The summed E-state index contributed by atoms with van der Waals surface area (Å²) < 4.78 is 5.48. The summed E-state index contributed by atoms with van der Waals surface area (Å²) in [5, 5.41) is 4.11. The number of carbonyl (C=O) groups excluding carboxylic acids is 1. The molecule has 2 atom stereocenters. The van der Waals surface area contributed by atoms with E-state index in [2.05, 4.69) is 17.1 Å². The van der Waals surface area contributed by atoms with Gasteiger partial charge in [-0.25, -0.2) is 0 Å². The molecule has 1 saturated heterocycles. The van der Waals surface area contributed by atoms with Crippen molar-refractivity contribution < 1.29 is 9.32 Å². The summed E-state index contributed by atoms with van der Waals surface area (Å²) in [4.78, 5) is 19.0. The van der Waals surface area contributed by atoms with Crippen molar-refractivity contribution in [1.29, 1.82) is 0 Å². The molecule has 3 aromatic rings. The lowest BCUT2D eigenvalue weighted by Gasteiger charge is -2.24. The zero-order valence-electron chi connectivity index (χ0n) is 14.9. The molecular formula is C21H21N3O2. The van der Waals surface area contributed by atoms with E-state index in [-0.39, 0.29) is 17.9 Å². The van der Waals surface area contributed by atoms with Crippen LogP contribution in [0.15, 0.2) is 59.1 Å². The Hall–Kier alpha value is -2.95. The number of nitrogens with zero attached hydrogens (tertiary/aromatic N) is 3. The number of hydrogen-bond acceptors (Lipinski definition) is 4. The quantitative estimate of drug-likeness (QED) is 0.712. The largest absolute Gasteiger partial charge is 0.339 e. The van der Waals surface area contributed by atoms with Gasteiger partial charge in [-0.15, -0.1) is 0 Å². The monoisotopic (exact) mass is 347 g/mol. The SMILES string of the molecule is Cc1cccc(-c2noc(C3CC(=O)N(C(C)c4ccccc4)C3)n2)c1. The highest BCUT2D eigenvalue weighted by Crippen LogP contribution is 2.33. The van der Waals surface area contributed by atoms with Crippen LogP contribution < -0.4 is 0 Å². The van der Waals surface area contributed by atoms with E-state index in [1.165, 1.54) is 0 Å². The van der Waals surface area contributed by atoms with Crippen molar-refractivity contribution in [3.8, 4) is 11.4 Å². The molecule has 5 heteroatoms. The van der Waals surface area contributed by atoms with Gasteiger partial charge in [0.05, 0.1) is 12.0 Å². The summed E-state index contributed by atoms with van der Waals surface area (Å²) in [5.74, 6) is 1.18. The van der Waals surface area contributed by atoms with Crippen LogP contribution in [-0.4, -0.2) is 27.5 Å². The Morgan fingerprint density at radius 3 is 2.73 bits per heavy atom. The molecule has 4 rings (SSSR count). The molecular weight excluding hydrogens is 326 g/mol. The van der Waals surface area contributed by atoms with Gasteiger partial charge in [-0.05, 0) is 25.5 Å². The summed E-state index contributed by atoms with van der Waals surface area (Å²) in [6.07, 6.45) is 0.409. The van der Waals surface area contributed by atoms with Crippen LogP contribution in [0.1, 0.15) is 42.3 Å². The highest BCUT2D eigenvalue weighted by molar-refractivity contribution is 5.80. The molecule has 1 fully saturated rings. The molecule has 1 aliphatic rings. The van der Waals surface area contributed by atoms with E-state index in [9.17, 15) is 4.79 Å². The number of carbonyl (C=O) groups is 1. The number of hydrogen-bond donors (Lipinski definition) is 0. The minimum absolute atomic E-state index is 0.0351. The van der Waals surface area contributed by atoms with Gasteiger partial charge in [0.1, 0.15) is 0 Å². The van der Waals surface area contributed by atoms with Crippen molar-refractivity contribution in [2.45, 2.75) is 32.2 Å². The third kappa shape index (κ3) is 3.12. The van der Waals surface area contributed by atoms with Crippen molar-refractivity contribution >= 4 is 5.91 Å². The first-order valence-corrected chi connectivity index (χ1v) is 8.87. The highest BCUT2D eigenvalue weighted by Gasteiger charge is 2.37. The van der Waals surface area contributed by atoms with Gasteiger partial charge in [0.15, 0.2) is 0 Å². The molecule has 26 heavy (non-hydrogen) atoms. The second-order valence-corrected chi connectivity index (χ2v) is 6.86. The molecule has 1 aliphatic heterocycles. The predicted octanol–water partition coefficient (Wildman–Crippen LogP) is 4.12. The fourth-order valence-electron chi connectivity index (χ4n) is 3.49. The fourth-order valence-corrected chi connectivity index (χ4v) is 3.49. The van der Waals surface area contributed by atoms with Crippen LogP contribution in [0.25, 0.3) is 11.4 Å². The molecule has 0 radical (unpaired) electrons. The van der Waals surface area contributed by atoms with Gasteiger partial charge in [0, 0.05) is 18.5 Å². The summed E-state index contributed by atoms with van der Waals surface area (Å²) >= 11 is 0. The minimum Gasteiger partial charge on any atom is -0.339 e. The smallest absolute Gasteiger partial charge is 0.232 e. The molecule has 2 heterocycles. The van der Waals surface area contributed by atoms with Gasteiger partial charge < -0.3 is 9.42 Å². The Labute approximate surface area is 152 Å². The zero-order valence-corrected chi connectivity index (χ0v) is 14.9. The van der Waals surface area contributed by atoms with E-state index in [0.717, 1.165) is 16.7 Å². The topological polar surface area (TPSA) is 59.2 Å². The summed E-state index contributed by atoms with van der Waals surface area (Å²) in [5.41, 5.74) is 3.21. The highest BCUT2D eigenvalue weighted by atomic mass is 16.5. The van der Waals surface area contributed by atoms with Gasteiger partial charge in [-0.1, -0.05) is 59.3 Å². The van der Waals surface area contributed by atoms with Crippen molar-refractivity contribution in [1.82, 2.24) is 15.0 Å². The number of aromatic nitrogens is 2. The number of amides is 1. The minimum atomic E-state index is -0.0558. The van der Waals surface area contributed by atoms with Crippen LogP contribution in [0.3, 0.4) is 0 Å². The Bertz CT molecular complexity index is 920. The first kappa shape index (κ1) is 16.5. The Balaban J connectivity index is 1.52. The van der Waals surface area contributed by atoms with E-state index in [0.29, 0.717) is 24.7 Å². The third-order valence-electron chi connectivity index (χ3n) is 4.98. The van der Waals surface area contributed by atoms with Crippen LogP contribution in [0.4, 0.5) is 0 Å². The molecule has 0 spiro atoms. The predicted molar refractivity (Wildman–Crippen MR) is 98.4 cm³/mol. The second kappa shape index (κ2) is 6.75. The number of benzene rings is 2. The molecule has 132 valence electrons. The van der Waals surface area contributed by atoms with E-state index in [1.807, 2.05) is 66.4 Å². The molecule has 0 N–H and O–H groups in total. The maximum atomic E-state index is 12.5. The Morgan fingerprint density at radius 1 is 1.15 bits per heavy atom. The lowest BCUT2D eigenvalue weighted by atomic mass is 10.1. The zero-order chi connectivity index (χ0) is 18.1. The van der Waals surface area contributed by atoms with E-state index >= 15 is 0 Å². The molecule has 2 aromatic carbocycles. The van der Waals surface area contributed by atoms with Gasteiger partial charge in [0.2, 0.25) is 17.6 Å². The van der Waals surface area contributed by atoms with Gasteiger partial charge in [-0.3, -0.25) is 4.79 Å². The molecule has 0 bridgehead atoms. The summed E-state index contributed by atoms with van der Waals surface area (Å²) in [6, 6.07) is 18.1. The molecule has 5 nitrogen and oxygen atoms in total. The van der Waals surface area contributed by atoms with Gasteiger partial charge in [0.25, 0.3) is 0 Å². The van der Waals surface area contributed by atoms with Crippen LogP contribution in [0, 0.1) is 6.92 Å². The molecule has 2 unspecified atom stereocenters. The van der Waals surface area contributed by atoms with Crippen molar-refractivity contribution in [2.24, 2.45) is 0 Å². The average molecular weight is 347 g/mol. The number of aryl methyl sites for hydroxylation is 1. The maximum Gasteiger partial charge on any atom is 0.232 e. The summed E-state index contributed by atoms with van der Waals surface area (Å²) in [6.45, 7) is 4.69.